The number of carbonyl (C=O) groups is 1. The molecule has 1 saturated heterocycles. The number of rotatable bonds is 4. The van der Waals surface area contributed by atoms with Crippen LogP contribution in [-0.4, -0.2) is 24.8 Å². The van der Waals surface area contributed by atoms with Crippen LogP contribution < -0.4 is 0 Å². The van der Waals surface area contributed by atoms with E-state index in [1.54, 1.807) is 0 Å². The van der Waals surface area contributed by atoms with Crippen LogP contribution in [0.1, 0.15) is 6.42 Å². The topological polar surface area (TPSA) is 44.8 Å². The first-order valence-electron chi connectivity index (χ1n) is 5.97. The quantitative estimate of drug-likeness (QED) is 0.548. The molecule has 4 heteroatoms. The summed E-state index contributed by atoms with van der Waals surface area (Å²) >= 11 is 0. The number of fused-ring (bicyclic) bond motifs is 5. The van der Waals surface area contributed by atoms with Gasteiger partial charge in [-0.15, -0.1) is 0 Å². The molecular weight excluding hydrogens is 220 g/mol. The normalized spacial score (nSPS) is 46.2. The first kappa shape index (κ1) is 10.7. The maximum Gasteiger partial charge on any atom is 0.309 e. The van der Waals surface area contributed by atoms with E-state index in [1.807, 2.05) is 0 Å². The van der Waals surface area contributed by atoms with E-state index >= 15 is 0 Å². The Balaban J connectivity index is 1.87. The van der Waals surface area contributed by atoms with Gasteiger partial charge in [-0.2, -0.15) is 0 Å². The molecule has 3 aliphatic rings. The highest BCUT2D eigenvalue weighted by Crippen LogP contribution is 2.57. The zero-order chi connectivity index (χ0) is 12.0. The molecule has 0 spiro atoms. The second-order valence-electron chi connectivity index (χ2n) is 4.92. The predicted molar refractivity (Wildman–Crippen MR) is 59.7 cm³/mol. The van der Waals surface area contributed by atoms with Gasteiger partial charge < -0.3 is 14.2 Å². The fourth-order valence-corrected chi connectivity index (χ4v) is 3.85. The van der Waals surface area contributed by atoms with E-state index in [1.165, 1.54) is 12.5 Å². The SMILES string of the molecule is C=COC1C2CC(C1OC=C)C1C(=O)OCC21. The van der Waals surface area contributed by atoms with Crippen LogP contribution in [0.2, 0.25) is 0 Å². The molecule has 2 aliphatic carbocycles. The highest BCUT2D eigenvalue weighted by molar-refractivity contribution is 5.76. The van der Waals surface area contributed by atoms with Crippen LogP contribution in [0.25, 0.3) is 0 Å². The molecule has 3 rings (SSSR count). The lowest BCUT2D eigenvalue weighted by Crippen LogP contribution is -2.44. The summed E-state index contributed by atoms with van der Waals surface area (Å²) in [5.41, 5.74) is 0. The van der Waals surface area contributed by atoms with Crippen molar-refractivity contribution in [2.75, 3.05) is 6.61 Å². The highest BCUT2D eigenvalue weighted by atomic mass is 16.5. The molecule has 17 heavy (non-hydrogen) atoms. The van der Waals surface area contributed by atoms with Crippen LogP contribution in [0, 0.1) is 23.7 Å². The van der Waals surface area contributed by atoms with Gasteiger partial charge in [0.1, 0.15) is 12.2 Å². The Morgan fingerprint density at radius 3 is 2.41 bits per heavy atom. The Kier molecular flexibility index (Phi) is 2.38. The number of hydrogen-bond acceptors (Lipinski definition) is 4. The molecule has 3 fully saturated rings. The largest absolute Gasteiger partial charge is 0.494 e. The molecule has 92 valence electrons. The summed E-state index contributed by atoms with van der Waals surface area (Å²) < 4.78 is 16.3. The molecule has 0 aromatic carbocycles. The van der Waals surface area contributed by atoms with Gasteiger partial charge in [-0.25, -0.2) is 0 Å². The van der Waals surface area contributed by atoms with Crippen molar-refractivity contribution in [3.8, 4) is 0 Å². The van der Waals surface area contributed by atoms with E-state index < -0.39 is 0 Å². The molecule has 0 radical (unpaired) electrons. The second-order valence-corrected chi connectivity index (χ2v) is 4.92. The second kappa shape index (κ2) is 3.79. The summed E-state index contributed by atoms with van der Waals surface area (Å²) in [6.45, 7) is 7.72. The molecule has 6 atom stereocenters. The van der Waals surface area contributed by atoms with Gasteiger partial charge in [0.15, 0.2) is 0 Å². The van der Waals surface area contributed by atoms with E-state index in [4.69, 9.17) is 14.2 Å². The molecule has 0 aromatic heterocycles. The summed E-state index contributed by atoms with van der Waals surface area (Å²) in [7, 11) is 0. The molecule has 4 nitrogen and oxygen atoms in total. The van der Waals surface area contributed by atoms with Crippen molar-refractivity contribution in [1.82, 2.24) is 0 Å². The van der Waals surface area contributed by atoms with E-state index in [-0.39, 0.29) is 30.0 Å². The van der Waals surface area contributed by atoms with E-state index in [0.29, 0.717) is 18.4 Å². The first-order chi connectivity index (χ1) is 8.27. The van der Waals surface area contributed by atoms with Gasteiger partial charge >= 0.3 is 5.97 Å². The lowest BCUT2D eigenvalue weighted by Gasteiger charge is -2.34. The van der Waals surface area contributed by atoms with Crippen LogP contribution in [0.15, 0.2) is 25.7 Å². The highest BCUT2D eigenvalue weighted by Gasteiger charge is 2.65. The third kappa shape index (κ3) is 1.33. The minimum absolute atomic E-state index is 0.00499. The van der Waals surface area contributed by atoms with Crippen LogP contribution in [0.4, 0.5) is 0 Å². The maximum atomic E-state index is 11.7. The minimum Gasteiger partial charge on any atom is -0.494 e. The Morgan fingerprint density at radius 2 is 1.76 bits per heavy atom. The van der Waals surface area contributed by atoms with Gasteiger partial charge in [-0.3, -0.25) is 4.79 Å². The molecule has 2 saturated carbocycles. The molecule has 2 bridgehead atoms. The minimum atomic E-state index is -0.0950. The predicted octanol–water partition coefficient (Wildman–Crippen LogP) is 1.48. The number of cyclic esters (lactones) is 1. The lowest BCUT2D eigenvalue weighted by atomic mass is 9.78. The maximum absolute atomic E-state index is 11.7. The number of carbonyl (C=O) groups excluding carboxylic acids is 1. The van der Waals surface area contributed by atoms with Crippen LogP contribution in [0.5, 0.6) is 0 Å². The lowest BCUT2D eigenvalue weighted by molar-refractivity contribution is -0.144. The van der Waals surface area contributed by atoms with Crippen LogP contribution in [-0.2, 0) is 19.0 Å². The van der Waals surface area contributed by atoms with Crippen molar-refractivity contribution in [1.29, 1.82) is 0 Å². The average molecular weight is 236 g/mol. The van der Waals surface area contributed by atoms with Crippen molar-refractivity contribution in [3.05, 3.63) is 25.7 Å². The summed E-state index contributed by atoms with van der Waals surface area (Å²) in [5, 5.41) is 0. The fourth-order valence-electron chi connectivity index (χ4n) is 3.85. The van der Waals surface area contributed by atoms with Gasteiger partial charge in [0, 0.05) is 17.8 Å². The van der Waals surface area contributed by atoms with Gasteiger partial charge in [-0.05, 0) is 6.42 Å². The number of ether oxygens (including phenoxy) is 3. The molecular formula is C13H16O4. The van der Waals surface area contributed by atoms with Gasteiger partial charge in [0.25, 0.3) is 0 Å². The summed E-state index contributed by atoms with van der Waals surface area (Å²) in [6.07, 6.45) is 3.74. The molecule has 0 N–H and O–H groups in total. The van der Waals surface area contributed by atoms with E-state index in [2.05, 4.69) is 13.2 Å². The molecule has 0 amide bonds. The van der Waals surface area contributed by atoms with Gasteiger partial charge in [0.05, 0.1) is 25.0 Å². The first-order valence-corrected chi connectivity index (χ1v) is 5.97. The van der Waals surface area contributed by atoms with Crippen molar-refractivity contribution >= 4 is 5.97 Å². The van der Waals surface area contributed by atoms with E-state index in [0.717, 1.165) is 6.42 Å². The van der Waals surface area contributed by atoms with Crippen molar-refractivity contribution in [2.45, 2.75) is 18.6 Å². The van der Waals surface area contributed by atoms with Crippen LogP contribution >= 0.6 is 0 Å². The summed E-state index contributed by atoms with van der Waals surface area (Å²) in [5.74, 6) is 0.747. The Bertz CT molecular complexity index is 364. The zero-order valence-corrected chi connectivity index (χ0v) is 9.58. The third-order valence-electron chi connectivity index (χ3n) is 4.38. The third-order valence-corrected chi connectivity index (χ3v) is 4.38. The Morgan fingerprint density at radius 1 is 1.12 bits per heavy atom. The summed E-state index contributed by atoms with van der Waals surface area (Å²) in [4.78, 5) is 11.7. The van der Waals surface area contributed by atoms with Crippen molar-refractivity contribution in [2.24, 2.45) is 23.7 Å². The Hall–Kier alpha value is -1.45. The van der Waals surface area contributed by atoms with Crippen molar-refractivity contribution < 1.29 is 19.0 Å². The molecule has 0 aromatic rings. The Labute approximate surface area is 100 Å². The number of hydrogen-bond donors (Lipinski definition) is 0. The molecule has 6 unspecified atom stereocenters. The van der Waals surface area contributed by atoms with Crippen LogP contribution in [0.3, 0.4) is 0 Å². The molecule has 1 aliphatic heterocycles. The molecule has 1 heterocycles. The van der Waals surface area contributed by atoms with Gasteiger partial charge in [0.2, 0.25) is 0 Å². The number of esters is 1. The zero-order valence-electron chi connectivity index (χ0n) is 9.58. The summed E-state index contributed by atoms with van der Waals surface area (Å²) in [6, 6.07) is 0. The standard InChI is InChI=1S/C13H16O4/c1-3-15-11-7-5-8(12(11)16-4-2)10-9(7)6-17-13(10)14/h3-4,7-12H,1-2,5-6H2. The fraction of sp³-hybridized carbons (Fsp3) is 0.615. The van der Waals surface area contributed by atoms with Gasteiger partial charge in [-0.1, -0.05) is 13.2 Å². The smallest absolute Gasteiger partial charge is 0.309 e. The average Bonchev–Trinajstić information content (AvgIpc) is 2.94. The monoisotopic (exact) mass is 236 g/mol. The van der Waals surface area contributed by atoms with Crippen molar-refractivity contribution in [3.63, 3.8) is 0 Å². The van der Waals surface area contributed by atoms with E-state index in [9.17, 15) is 4.79 Å².